The molecule has 0 spiro atoms. The molecule has 8 heteroatoms. The van der Waals surface area contributed by atoms with Crippen LogP contribution in [-0.2, 0) is 16.1 Å². The van der Waals surface area contributed by atoms with Gasteiger partial charge in [0.25, 0.3) is 5.91 Å². The first-order valence-corrected chi connectivity index (χ1v) is 12.8. The van der Waals surface area contributed by atoms with Crippen molar-refractivity contribution in [2.75, 3.05) is 6.61 Å². The Kier molecular flexibility index (Phi) is 9.90. The van der Waals surface area contributed by atoms with Crippen LogP contribution in [0, 0.1) is 0 Å². The van der Waals surface area contributed by atoms with Crippen molar-refractivity contribution in [2.45, 2.75) is 64.1 Å². The Morgan fingerprint density at radius 3 is 2.55 bits per heavy atom. The summed E-state index contributed by atoms with van der Waals surface area (Å²) in [6, 6.07) is 12.0. The van der Waals surface area contributed by atoms with Crippen LogP contribution in [0.15, 0.2) is 46.9 Å². The number of halogens is 3. The molecule has 0 aromatic heterocycles. The Hall–Kier alpha value is -1.76. The maximum atomic E-state index is 13.3. The predicted octanol–water partition coefficient (Wildman–Crippen LogP) is 6.39. The van der Waals surface area contributed by atoms with Gasteiger partial charge in [0.15, 0.2) is 6.61 Å². The average Bonchev–Trinajstić information content (AvgIpc) is 2.80. The quantitative estimate of drug-likeness (QED) is 0.390. The number of nitrogens with one attached hydrogen (secondary N) is 1. The topological polar surface area (TPSA) is 58.6 Å². The van der Waals surface area contributed by atoms with Crippen molar-refractivity contribution in [3.8, 4) is 5.75 Å². The molecule has 0 radical (unpaired) electrons. The molecule has 2 aromatic rings. The number of amides is 2. The minimum Gasteiger partial charge on any atom is -0.483 e. The third-order valence-corrected chi connectivity index (χ3v) is 7.10. The maximum Gasteiger partial charge on any atom is 0.261 e. The molecule has 1 saturated carbocycles. The molecule has 1 N–H and O–H groups in total. The third-order valence-electron chi connectivity index (χ3n) is 5.88. The lowest BCUT2D eigenvalue weighted by Crippen LogP contribution is -2.52. The van der Waals surface area contributed by atoms with Gasteiger partial charge < -0.3 is 15.0 Å². The molecule has 33 heavy (non-hydrogen) atoms. The van der Waals surface area contributed by atoms with Gasteiger partial charge in [-0.1, -0.05) is 67.6 Å². The van der Waals surface area contributed by atoms with E-state index >= 15 is 0 Å². The number of nitrogens with zero attached hydrogens (tertiary/aromatic N) is 1. The first kappa shape index (κ1) is 25.9. The summed E-state index contributed by atoms with van der Waals surface area (Å²) >= 11 is 15.8. The molecule has 0 unspecified atom stereocenters. The van der Waals surface area contributed by atoms with Crippen molar-refractivity contribution in [3.05, 3.63) is 62.5 Å². The van der Waals surface area contributed by atoms with Gasteiger partial charge in [0.1, 0.15) is 11.8 Å². The van der Waals surface area contributed by atoms with Gasteiger partial charge in [0.2, 0.25) is 5.91 Å². The number of benzene rings is 2. The molecule has 1 atom stereocenters. The first-order chi connectivity index (χ1) is 15.9. The van der Waals surface area contributed by atoms with Crippen LogP contribution in [0.3, 0.4) is 0 Å². The Morgan fingerprint density at radius 2 is 1.88 bits per heavy atom. The lowest BCUT2D eigenvalue weighted by Gasteiger charge is -2.33. The standard InChI is InChI=1S/C25H29BrCl2N2O3/c1-2-22(25(32)29-19-9-4-3-5-10-19)30(15-17-8-6-7-11-21(17)28)24(31)16-33-23-13-12-18(27)14-20(23)26/h6-8,11-14,19,22H,2-5,9-10,15-16H2,1H3,(H,29,32)/t22-/m1/s1. The number of ether oxygens (including phenoxy) is 1. The van der Waals surface area contributed by atoms with Gasteiger partial charge in [-0.3, -0.25) is 9.59 Å². The van der Waals surface area contributed by atoms with Gasteiger partial charge in [0, 0.05) is 22.6 Å². The van der Waals surface area contributed by atoms with Crippen LogP contribution in [-0.4, -0.2) is 35.4 Å². The van der Waals surface area contributed by atoms with E-state index in [0.29, 0.717) is 26.7 Å². The molecule has 178 valence electrons. The van der Waals surface area contributed by atoms with Crippen LogP contribution in [0.4, 0.5) is 0 Å². The number of hydrogen-bond acceptors (Lipinski definition) is 3. The fourth-order valence-corrected chi connectivity index (χ4v) is 5.08. The highest BCUT2D eigenvalue weighted by molar-refractivity contribution is 9.10. The number of rotatable bonds is 9. The second kappa shape index (κ2) is 12.6. The van der Waals surface area contributed by atoms with Gasteiger partial charge in [-0.05, 0) is 65.0 Å². The molecule has 3 rings (SSSR count). The van der Waals surface area contributed by atoms with E-state index < -0.39 is 6.04 Å². The van der Waals surface area contributed by atoms with Crippen molar-refractivity contribution in [3.63, 3.8) is 0 Å². The molecule has 0 bridgehead atoms. The fraction of sp³-hybridized carbons (Fsp3) is 0.440. The fourth-order valence-electron chi connectivity index (χ4n) is 4.09. The highest BCUT2D eigenvalue weighted by Crippen LogP contribution is 2.28. The van der Waals surface area contributed by atoms with Crippen LogP contribution in [0.25, 0.3) is 0 Å². The van der Waals surface area contributed by atoms with Crippen LogP contribution >= 0.6 is 39.1 Å². The summed E-state index contributed by atoms with van der Waals surface area (Å²) in [5.74, 6) is 0.0880. The molecule has 0 heterocycles. The van der Waals surface area contributed by atoms with Gasteiger partial charge in [-0.15, -0.1) is 0 Å². The molecule has 2 aromatic carbocycles. The van der Waals surface area contributed by atoms with E-state index in [1.807, 2.05) is 25.1 Å². The van der Waals surface area contributed by atoms with Crippen LogP contribution in [0.2, 0.25) is 10.0 Å². The molecule has 1 fully saturated rings. The van der Waals surface area contributed by atoms with Crippen molar-refractivity contribution in [1.29, 1.82) is 0 Å². The molecule has 1 aliphatic carbocycles. The third kappa shape index (κ3) is 7.36. The highest BCUT2D eigenvalue weighted by atomic mass is 79.9. The van der Waals surface area contributed by atoms with E-state index in [9.17, 15) is 9.59 Å². The predicted molar refractivity (Wildman–Crippen MR) is 136 cm³/mol. The second-order valence-electron chi connectivity index (χ2n) is 8.24. The summed E-state index contributed by atoms with van der Waals surface area (Å²) in [7, 11) is 0. The Balaban J connectivity index is 1.78. The van der Waals surface area contributed by atoms with E-state index in [0.717, 1.165) is 31.2 Å². The van der Waals surface area contributed by atoms with Crippen molar-refractivity contribution < 1.29 is 14.3 Å². The Labute approximate surface area is 213 Å². The second-order valence-corrected chi connectivity index (χ2v) is 9.94. The van der Waals surface area contributed by atoms with Crippen molar-refractivity contribution in [1.82, 2.24) is 10.2 Å². The zero-order chi connectivity index (χ0) is 23.8. The zero-order valence-corrected chi connectivity index (χ0v) is 21.8. The summed E-state index contributed by atoms with van der Waals surface area (Å²) in [6.07, 6.45) is 5.89. The van der Waals surface area contributed by atoms with Crippen molar-refractivity contribution >= 4 is 50.9 Å². The Morgan fingerprint density at radius 1 is 1.15 bits per heavy atom. The molecule has 2 amide bonds. The molecular formula is C25H29BrCl2N2O3. The van der Waals surface area contributed by atoms with E-state index in [2.05, 4.69) is 21.2 Å². The van der Waals surface area contributed by atoms with Crippen LogP contribution < -0.4 is 10.1 Å². The van der Waals surface area contributed by atoms with E-state index in [1.54, 1.807) is 29.2 Å². The summed E-state index contributed by atoms with van der Waals surface area (Å²) < 4.78 is 6.42. The number of carbonyl (C=O) groups excluding carboxylic acids is 2. The van der Waals surface area contributed by atoms with Gasteiger partial charge in [-0.2, -0.15) is 0 Å². The van der Waals surface area contributed by atoms with Crippen molar-refractivity contribution in [2.24, 2.45) is 0 Å². The van der Waals surface area contributed by atoms with Gasteiger partial charge in [0.05, 0.1) is 4.47 Å². The molecule has 0 saturated heterocycles. The monoisotopic (exact) mass is 554 g/mol. The molecule has 5 nitrogen and oxygen atoms in total. The van der Waals surface area contributed by atoms with E-state index in [4.69, 9.17) is 27.9 Å². The highest BCUT2D eigenvalue weighted by Gasteiger charge is 2.31. The Bertz CT molecular complexity index is 966. The maximum absolute atomic E-state index is 13.3. The molecule has 1 aliphatic rings. The minimum atomic E-state index is -0.618. The first-order valence-electron chi connectivity index (χ1n) is 11.3. The van der Waals surface area contributed by atoms with Gasteiger partial charge >= 0.3 is 0 Å². The van der Waals surface area contributed by atoms with E-state index in [1.165, 1.54) is 6.42 Å². The number of carbonyl (C=O) groups is 2. The lowest BCUT2D eigenvalue weighted by atomic mass is 9.95. The normalized spacial score (nSPS) is 15.0. The summed E-state index contributed by atoms with van der Waals surface area (Å²) in [6.45, 7) is 1.92. The smallest absolute Gasteiger partial charge is 0.261 e. The SMILES string of the molecule is CC[C@H](C(=O)NC1CCCCC1)N(Cc1ccccc1Cl)C(=O)COc1ccc(Cl)cc1Br. The van der Waals surface area contributed by atoms with Crippen LogP contribution in [0.1, 0.15) is 51.0 Å². The zero-order valence-electron chi connectivity index (χ0n) is 18.7. The minimum absolute atomic E-state index is 0.127. The molecular weight excluding hydrogens is 527 g/mol. The number of hydrogen-bond donors (Lipinski definition) is 1. The average molecular weight is 556 g/mol. The summed E-state index contributed by atoms with van der Waals surface area (Å²) in [5.41, 5.74) is 0.782. The van der Waals surface area contributed by atoms with Crippen LogP contribution in [0.5, 0.6) is 5.75 Å². The lowest BCUT2D eigenvalue weighted by molar-refractivity contribution is -0.143. The van der Waals surface area contributed by atoms with Gasteiger partial charge in [-0.25, -0.2) is 0 Å². The summed E-state index contributed by atoms with van der Waals surface area (Å²) in [5, 5.41) is 4.28. The van der Waals surface area contributed by atoms with E-state index in [-0.39, 0.29) is 31.0 Å². The molecule has 0 aliphatic heterocycles. The summed E-state index contributed by atoms with van der Waals surface area (Å²) in [4.78, 5) is 28.1. The largest absolute Gasteiger partial charge is 0.483 e.